The Labute approximate surface area is 167 Å². The molecule has 0 bridgehead atoms. The van der Waals surface area contributed by atoms with Crippen molar-refractivity contribution in [1.29, 1.82) is 0 Å². The molecule has 3 aromatic rings. The highest BCUT2D eigenvalue weighted by Gasteiger charge is 2.39. The maximum atomic E-state index is 6.68. The Morgan fingerprint density at radius 2 is 1.48 bits per heavy atom. The van der Waals surface area contributed by atoms with Crippen LogP contribution in [0.3, 0.4) is 0 Å². The lowest BCUT2D eigenvalue weighted by Crippen LogP contribution is -2.35. The summed E-state index contributed by atoms with van der Waals surface area (Å²) in [4.78, 5) is 0. The molecule has 0 fully saturated rings. The molecule has 2 nitrogen and oxygen atoms in total. The fraction of sp³-hybridized carbons (Fsp3) is 0.250. The molecule has 1 N–H and O–H groups in total. The summed E-state index contributed by atoms with van der Waals surface area (Å²) in [5, 5.41) is 4.04. The van der Waals surface area contributed by atoms with E-state index in [0.29, 0.717) is 11.6 Å². The van der Waals surface area contributed by atoms with Crippen LogP contribution in [0.1, 0.15) is 29.2 Å². The second-order valence-corrected chi connectivity index (χ2v) is 7.00. The van der Waals surface area contributed by atoms with E-state index < -0.39 is 5.60 Å². The number of hydrogen-bond acceptors (Lipinski definition) is 2. The van der Waals surface area contributed by atoms with Gasteiger partial charge < -0.3 is 10.1 Å². The fourth-order valence-electron chi connectivity index (χ4n) is 3.38. The maximum Gasteiger partial charge on any atom is 0.145 e. The minimum absolute atomic E-state index is 0.571. The van der Waals surface area contributed by atoms with Crippen LogP contribution in [-0.2, 0) is 10.3 Å². The smallest absolute Gasteiger partial charge is 0.145 e. The SMILES string of the molecule is CCNCCOC(c1ccccc1)(c1ccc(C)cc1)c1ccccc1Cl. The van der Waals surface area contributed by atoms with Gasteiger partial charge in [0.15, 0.2) is 0 Å². The molecule has 0 saturated carbocycles. The van der Waals surface area contributed by atoms with Gasteiger partial charge in [-0.25, -0.2) is 0 Å². The van der Waals surface area contributed by atoms with E-state index in [2.05, 4.69) is 61.6 Å². The molecule has 27 heavy (non-hydrogen) atoms. The van der Waals surface area contributed by atoms with Gasteiger partial charge in [-0.15, -0.1) is 0 Å². The van der Waals surface area contributed by atoms with Gasteiger partial charge in [0.2, 0.25) is 0 Å². The zero-order chi connectivity index (χ0) is 19.1. The van der Waals surface area contributed by atoms with Gasteiger partial charge in [-0.3, -0.25) is 0 Å². The monoisotopic (exact) mass is 379 g/mol. The van der Waals surface area contributed by atoms with Gasteiger partial charge in [-0.1, -0.05) is 96.9 Å². The summed E-state index contributed by atoms with van der Waals surface area (Å²) in [6.45, 7) is 6.45. The average molecular weight is 380 g/mol. The minimum Gasteiger partial charge on any atom is -0.359 e. The van der Waals surface area contributed by atoms with Gasteiger partial charge in [0.05, 0.1) is 6.61 Å². The van der Waals surface area contributed by atoms with Crippen molar-refractivity contribution in [3.05, 3.63) is 106 Å². The third kappa shape index (κ3) is 4.24. The number of nitrogens with one attached hydrogen (secondary N) is 1. The highest BCUT2D eigenvalue weighted by molar-refractivity contribution is 6.31. The van der Waals surface area contributed by atoms with Crippen LogP contribution < -0.4 is 5.32 Å². The first-order valence-corrected chi connectivity index (χ1v) is 9.78. The summed E-state index contributed by atoms with van der Waals surface area (Å²) in [6.07, 6.45) is 0. The Balaban J connectivity index is 2.20. The van der Waals surface area contributed by atoms with Gasteiger partial charge in [0.25, 0.3) is 0 Å². The molecule has 1 unspecified atom stereocenters. The third-order valence-corrected chi connectivity index (χ3v) is 5.07. The van der Waals surface area contributed by atoms with E-state index in [1.807, 2.05) is 36.4 Å². The van der Waals surface area contributed by atoms with Gasteiger partial charge in [0.1, 0.15) is 5.60 Å². The molecule has 140 valence electrons. The standard InChI is InChI=1S/C24H26ClNO/c1-3-26-17-18-27-24(20-9-5-4-6-10-20,21-15-13-19(2)14-16-21)22-11-7-8-12-23(22)25/h4-16,26H,3,17-18H2,1-2H3. The number of likely N-dealkylation sites (N-methyl/N-ethyl adjacent to an activating group) is 1. The number of aryl methyl sites for hydroxylation is 1. The van der Waals surface area contributed by atoms with Gasteiger partial charge in [-0.05, 0) is 30.7 Å². The van der Waals surface area contributed by atoms with Crippen LogP contribution in [0.5, 0.6) is 0 Å². The molecule has 0 spiro atoms. The Kier molecular flexibility index (Phi) is 6.68. The first kappa shape index (κ1) is 19.6. The summed E-state index contributed by atoms with van der Waals surface area (Å²) in [7, 11) is 0. The lowest BCUT2D eigenvalue weighted by Gasteiger charge is -2.36. The van der Waals surface area contributed by atoms with Crippen molar-refractivity contribution in [1.82, 2.24) is 5.32 Å². The minimum atomic E-state index is -0.761. The summed E-state index contributed by atoms with van der Waals surface area (Å²) in [6, 6.07) is 26.8. The first-order chi connectivity index (χ1) is 13.2. The lowest BCUT2D eigenvalue weighted by atomic mass is 9.79. The largest absolute Gasteiger partial charge is 0.359 e. The van der Waals surface area contributed by atoms with E-state index in [4.69, 9.17) is 16.3 Å². The molecular formula is C24H26ClNO. The van der Waals surface area contributed by atoms with Gasteiger partial charge >= 0.3 is 0 Å². The van der Waals surface area contributed by atoms with E-state index in [9.17, 15) is 0 Å². The van der Waals surface area contributed by atoms with E-state index in [-0.39, 0.29) is 0 Å². The zero-order valence-electron chi connectivity index (χ0n) is 15.9. The fourth-order valence-corrected chi connectivity index (χ4v) is 3.65. The molecule has 3 rings (SSSR count). The molecule has 0 heterocycles. The van der Waals surface area contributed by atoms with Crippen LogP contribution in [0, 0.1) is 6.92 Å². The molecule has 3 aromatic carbocycles. The van der Waals surface area contributed by atoms with Crippen LogP contribution in [0.15, 0.2) is 78.9 Å². The molecule has 0 amide bonds. The summed E-state index contributed by atoms with van der Waals surface area (Å²) < 4.78 is 6.66. The van der Waals surface area contributed by atoms with Crippen molar-refractivity contribution in [2.45, 2.75) is 19.4 Å². The van der Waals surface area contributed by atoms with Crippen LogP contribution >= 0.6 is 11.6 Å². The van der Waals surface area contributed by atoms with Crippen LogP contribution in [-0.4, -0.2) is 19.7 Å². The maximum absolute atomic E-state index is 6.68. The Hall–Kier alpha value is -2.13. The number of ether oxygens (including phenoxy) is 1. The molecular weight excluding hydrogens is 354 g/mol. The van der Waals surface area contributed by atoms with Crippen molar-refractivity contribution >= 4 is 11.6 Å². The highest BCUT2D eigenvalue weighted by Crippen LogP contribution is 2.43. The van der Waals surface area contributed by atoms with Crippen LogP contribution in [0.4, 0.5) is 0 Å². The van der Waals surface area contributed by atoms with Crippen molar-refractivity contribution in [3.63, 3.8) is 0 Å². The van der Waals surface area contributed by atoms with E-state index in [1.54, 1.807) is 0 Å². The topological polar surface area (TPSA) is 21.3 Å². The van der Waals surface area contributed by atoms with E-state index in [1.165, 1.54) is 5.56 Å². The first-order valence-electron chi connectivity index (χ1n) is 9.41. The Morgan fingerprint density at radius 3 is 2.15 bits per heavy atom. The Morgan fingerprint density at radius 1 is 0.852 bits per heavy atom. The second kappa shape index (κ2) is 9.18. The summed E-state index contributed by atoms with van der Waals surface area (Å²) in [5.41, 5.74) is 3.55. The zero-order valence-corrected chi connectivity index (χ0v) is 16.7. The summed E-state index contributed by atoms with van der Waals surface area (Å²) in [5.74, 6) is 0. The molecule has 0 aromatic heterocycles. The predicted molar refractivity (Wildman–Crippen MR) is 113 cm³/mol. The molecule has 1 atom stereocenters. The molecule has 0 aliphatic heterocycles. The third-order valence-electron chi connectivity index (χ3n) is 4.74. The van der Waals surface area contributed by atoms with Crippen molar-refractivity contribution < 1.29 is 4.74 Å². The van der Waals surface area contributed by atoms with Crippen LogP contribution in [0.2, 0.25) is 5.02 Å². The van der Waals surface area contributed by atoms with Crippen molar-refractivity contribution in [3.8, 4) is 0 Å². The number of benzene rings is 3. The molecule has 0 saturated heterocycles. The normalized spacial score (nSPS) is 13.3. The molecule has 0 radical (unpaired) electrons. The van der Waals surface area contributed by atoms with E-state index >= 15 is 0 Å². The second-order valence-electron chi connectivity index (χ2n) is 6.60. The van der Waals surface area contributed by atoms with Gasteiger partial charge in [-0.2, -0.15) is 0 Å². The van der Waals surface area contributed by atoms with Gasteiger partial charge in [0, 0.05) is 17.1 Å². The number of rotatable bonds is 8. The average Bonchev–Trinajstić information content (AvgIpc) is 2.71. The quantitative estimate of drug-likeness (QED) is 0.408. The Bertz CT molecular complexity index is 848. The molecule has 0 aliphatic carbocycles. The van der Waals surface area contributed by atoms with Crippen LogP contribution in [0.25, 0.3) is 0 Å². The predicted octanol–water partition coefficient (Wildman–Crippen LogP) is 5.57. The lowest BCUT2D eigenvalue weighted by molar-refractivity contribution is 0.0151. The van der Waals surface area contributed by atoms with Crippen molar-refractivity contribution in [2.75, 3.05) is 19.7 Å². The number of halogens is 1. The van der Waals surface area contributed by atoms with Crippen molar-refractivity contribution in [2.24, 2.45) is 0 Å². The highest BCUT2D eigenvalue weighted by atomic mass is 35.5. The summed E-state index contributed by atoms with van der Waals surface area (Å²) >= 11 is 6.68. The number of hydrogen-bond donors (Lipinski definition) is 1. The molecule has 3 heteroatoms. The molecule has 0 aliphatic rings. The van der Waals surface area contributed by atoms with E-state index in [0.717, 1.165) is 29.8 Å².